The number of anilines is 2. The van der Waals surface area contributed by atoms with Gasteiger partial charge in [0.1, 0.15) is 15.7 Å². The first-order valence-corrected chi connectivity index (χ1v) is 13.0. The second-order valence-electron chi connectivity index (χ2n) is 7.73. The molecule has 0 amide bonds. The van der Waals surface area contributed by atoms with E-state index in [-0.39, 0.29) is 10.9 Å². The van der Waals surface area contributed by atoms with Crippen molar-refractivity contribution in [1.29, 1.82) is 0 Å². The third-order valence-corrected chi connectivity index (χ3v) is 8.81. The van der Waals surface area contributed by atoms with Gasteiger partial charge in [0.2, 0.25) is 0 Å². The molecule has 1 atom stereocenters. The first-order chi connectivity index (χ1) is 15.6. The van der Waals surface area contributed by atoms with Gasteiger partial charge in [-0.05, 0) is 56.2 Å². The van der Waals surface area contributed by atoms with E-state index in [1.807, 2.05) is 49.4 Å². The summed E-state index contributed by atoms with van der Waals surface area (Å²) in [6, 6.07) is 21.0. The highest BCUT2D eigenvalue weighted by Gasteiger charge is 2.30. The van der Waals surface area contributed by atoms with Crippen LogP contribution in [0.5, 0.6) is 0 Å². The van der Waals surface area contributed by atoms with Gasteiger partial charge in [0.25, 0.3) is 10.0 Å². The Kier molecular flexibility index (Phi) is 5.57. The second kappa shape index (κ2) is 8.52. The van der Waals surface area contributed by atoms with Gasteiger partial charge >= 0.3 is 0 Å². The molecule has 0 N–H and O–H groups in total. The van der Waals surface area contributed by atoms with Gasteiger partial charge < -0.3 is 4.90 Å². The Labute approximate surface area is 192 Å². The van der Waals surface area contributed by atoms with Crippen LogP contribution in [0.15, 0.2) is 77.8 Å². The molecule has 32 heavy (non-hydrogen) atoms. The van der Waals surface area contributed by atoms with E-state index in [9.17, 15) is 8.42 Å². The van der Waals surface area contributed by atoms with Crippen molar-refractivity contribution in [3.8, 4) is 0 Å². The molecule has 1 fully saturated rings. The third-order valence-electron chi connectivity index (χ3n) is 5.78. The van der Waals surface area contributed by atoms with Gasteiger partial charge in [-0.15, -0.1) is 11.3 Å². The Hall–Kier alpha value is -2.97. The molecule has 6 nitrogen and oxygen atoms in total. The van der Waals surface area contributed by atoms with Crippen LogP contribution in [-0.4, -0.2) is 31.5 Å². The van der Waals surface area contributed by atoms with E-state index in [0.29, 0.717) is 12.2 Å². The number of pyridine rings is 1. The Morgan fingerprint density at radius 1 is 1.06 bits per heavy atom. The van der Waals surface area contributed by atoms with E-state index < -0.39 is 10.0 Å². The van der Waals surface area contributed by atoms with Crippen LogP contribution in [0.2, 0.25) is 0 Å². The lowest BCUT2D eigenvalue weighted by Gasteiger charge is -2.25. The highest BCUT2D eigenvalue weighted by atomic mass is 32.2. The summed E-state index contributed by atoms with van der Waals surface area (Å²) < 4.78 is 29.1. The Bertz CT molecular complexity index is 1290. The fourth-order valence-corrected chi connectivity index (χ4v) is 6.77. The number of fused-ring (bicyclic) bond motifs is 1. The minimum atomic E-state index is -3.69. The summed E-state index contributed by atoms with van der Waals surface area (Å²) in [5.74, 6) is 0.786. The normalized spacial score (nSPS) is 16.5. The van der Waals surface area contributed by atoms with Crippen molar-refractivity contribution < 1.29 is 8.42 Å². The maximum absolute atomic E-state index is 13.2. The van der Waals surface area contributed by atoms with Crippen LogP contribution in [0, 0.1) is 0 Å². The van der Waals surface area contributed by atoms with E-state index in [1.165, 1.54) is 15.2 Å². The Balaban J connectivity index is 1.42. The third kappa shape index (κ3) is 3.73. The van der Waals surface area contributed by atoms with Crippen LogP contribution in [0.4, 0.5) is 11.5 Å². The number of hydrogen-bond donors (Lipinski definition) is 0. The zero-order valence-corrected chi connectivity index (χ0v) is 19.4. The van der Waals surface area contributed by atoms with Gasteiger partial charge in [0.05, 0.1) is 21.9 Å². The number of para-hydroxylation sites is 2. The lowest BCUT2D eigenvalue weighted by atomic mass is 10.2. The quantitative estimate of drug-likeness (QED) is 0.390. The number of nitrogens with zero attached hydrogens (tertiary/aromatic N) is 4. The van der Waals surface area contributed by atoms with Gasteiger partial charge in [-0.25, -0.2) is 18.4 Å². The van der Waals surface area contributed by atoms with Crippen molar-refractivity contribution in [2.45, 2.75) is 30.7 Å². The number of sulfonamides is 1. The van der Waals surface area contributed by atoms with E-state index in [1.54, 1.807) is 29.5 Å². The molecule has 3 heterocycles. The number of thiazole rings is 1. The SMILES string of the molecule is CCN(c1ccccc1)S(=O)(=O)c1ccc(N2CCC[C@@H]2c2nc3ccccc3s2)nc1. The smallest absolute Gasteiger partial charge is 0.265 e. The molecule has 0 unspecified atom stereocenters. The topological polar surface area (TPSA) is 66.4 Å². The molecule has 0 radical (unpaired) electrons. The lowest BCUT2D eigenvalue weighted by Crippen LogP contribution is -2.31. The number of aromatic nitrogens is 2. The molecule has 8 heteroatoms. The van der Waals surface area contributed by atoms with Crippen molar-refractivity contribution in [2.24, 2.45) is 0 Å². The molecule has 1 saturated heterocycles. The second-order valence-corrected chi connectivity index (χ2v) is 10.7. The summed E-state index contributed by atoms with van der Waals surface area (Å²) in [5.41, 5.74) is 1.67. The standard InChI is InChI=1S/C24H24N4O2S2/c1-2-28(18-9-4-3-5-10-18)32(29,30)19-14-15-23(25-17-19)27-16-8-12-21(27)24-26-20-11-6-7-13-22(20)31-24/h3-7,9-11,13-15,17,21H,2,8,12,16H2,1H3/t21-/m1/s1. The Morgan fingerprint density at radius 3 is 2.56 bits per heavy atom. The predicted octanol–water partition coefficient (Wildman–Crippen LogP) is 5.25. The van der Waals surface area contributed by atoms with Gasteiger partial charge in [0.15, 0.2) is 0 Å². The summed E-state index contributed by atoms with van der Waals surface area (Å²) in [5, 5.41) is 1.09. The molecule has 4 aromatic rings. The molecule has 5 rings (SSSR count). The zero-order chi connectivity index (χ0) is 22.1. The molecule has 0 aliphatic carbocycles. The summed E-state index contributed by atoms with van der Waals surface area (Å²) in [6.45, 7) is 3.06. The Morgan fingerprint density at radius 2 is 1.84 bits per heavy atom. The average molecular weight is 465 g/mol. The number of rotatable bonds is 6. The van der Waals surface area contributed by atoms with E-state index >= 15 is 0 Å². The van der Waals surface area contributed by atoms with Crippen molar-refractivity contribution in [3.05, 3.63) is 77.9 Å². The first-order valence-electron chi connectivity index (χ1n) is 10.7. The van der Waals surface area contributed by atoms with Crippen molar-refractivity contribution >= 4 is 43.1 Å². The fourth-order valence-electron chi connectivity index (χ4n) is 4.24. The molecule has 0 spiro atoms. The van der Waals surface area contributed by atoms with Crippen molar-refractivity contribution in [1.82, 2.24) is 9.97 Å². The van der Waals surface area contributed by atoms with E-state index in [0.717, 1.165) is 35.7 Å². The van der Waals surface area contributed by atoms with Crippen LogP contribution >= 0.6 is 11.3 Å². The molecule has 164 valence electrons. The molecular formula is C24H24N4O2S2. The molecule has 0 bridgehead atoms. The minimum Gasteiger partial charge on any atom is -0.347 e. The van der Waals surface area contributed by atoms with Crippen LogP contribution in [-0.2, 0) is 10.0 Å². The minimum absolute atomic E-state index is 0.166. The van der Waals surface area contributed by atoms with Crippen molar-refractivity contribution in [3.63, 3.8) is 0 Å². The maximum Gasteiger partial charge on any atom is 0.265 e. The zero-order valence-electron chi connectivity index (χ0n) is 17.8. The highest BCUT2D eigenvalue weighted by Crippen LogP contribution is 2.38. The lowest BCUT2D eigenvalue weighted by molar-refractivity contribution is 0.591. The molecule has 2 aromatic carbocycles. The van der Waals surface area contributed by atoms with Crippen LogP contribution in [0.1, 0.15) is 30.8 Å². The predicted molar refractivity (Wildman–Crippen MR) is 130 cm³/mol. The van der Waals surface area contributed by atoms with Crippen LogP contribution < -0.4 is 9.21 Å². The maximum atomic E-state index is 13.2. The largest absolute Gasteiger partial charge is 0.347 e. The van der Waals surface area contributed by atoms with Crippen LogP contribution in [0.3, 0.4) is 0 Å². The van der Waals surface area contributed by atoms with Gasteiger partial charge in [-0.3, -0.25) is 4.31 Å². The summed E-state index contributed by atoms with van der Waals surface area (Å²) in [7, 11) is -3.69. The van der Waals surface area contributed by atoms with Crippen molar-refractivity contribution in [2.75, 3.05) is 22.3 Å². The average Bonchev–Trinajstić information content (AvgIpc) is 3.47. The number of benzene rings is 2. The first kappa shape index (κ1) is 20.9. The van der Waals surface area contributed by atoms with E-state index in [2.05, 4.69) is 16.0 Å². The van der Waals surface area contributed by atoms with Gasteiger partial charge in [-0.1, -0.05) is 30.3 Å². The van der Waals surface area contributed by atoms with Crippen LogP contribution in [0.25, 0.3) is 10.2 Å². The van der Waals surface area contributed by atoms with Gasteiger partial charge in [-0.2, -0.15) is 0 Å². The summed E-state index contributed by atoms with van der Waals surface area (Å²) >= 11 is 1.72. The summed E-state index contributed by atoms with van der Waals surface area (Å²) in [6.07, 6.45) is 3.54. The molecular weight excluding hydrogens is 440 g/mol. The van der Waals surface area contributed by atoms with Gasteiger partial charge in [0, 0.05) is 19.3 Å². The van der Waals surface area contributed by atoms with E-state index in [4.69, 9.17) is 4.98 Å². The monoisotopic (exact) mass is 464 g/mol. The molecule has 1 aliphatic heterocycles. The number of hydrogen-bond acceptors (Lipinski definition) is 6. The highest BCUT2D eigenvalue weighted by molar-refractivity contribution is 7.92. The summed E-state index contributed by atoms with van der Waals surface area (Å²) in [4.78, 5) is 11.8. The fraction of sp³-hybridized carbons (Fsp3) is 0.250. The molecule has 0 saturated carbocycles. The molecule has 2 aromatic heterocycles. The molecule has 1 aliphatic rings.